The van der Waals surface area contributed by atoms with Crippen LogP contribution in [0.15, 0.2) is 46.9 Å². The number of esters is 1. The summed E-state index contributed by atoms with van der Waals surface area (Å²) in [4.78, 5) is 16.5. The Balaban J connectivity index is 2.03. The lowest BCUT2D eigenvalue weighted by Gasteiger charge is -2.14. The number of anilines is 1. The Bertz CT molecular complexity index is 1080. The number of ether oxygens (including phenoxy) is 2. The molecule has 0 aliphatic heterocycles. The van der Waals surface area contributed by atoms with Crippen LogP contribution in [0, 0.1) is 11.6 Å². The molecule has 0 atom stereocenters. The quantitative estimate of drug-likeness (QED) is 0.493. The first-order chi connectivity index (χ1) is 13.8. The number of methoxy groups -OCH3 is 1. The molecule has 0 radical (unpaired) electrons. The molecule has 0 saturated heterocycles. The van der Waals surface area contributed by atoms with Crippen LogP contribution < -0.4 is 10.5 Å². The smallest absolute Gasteiger partial charge is 0.358 e. The monoisotopic (exact) mass is 482 g/mol. The standard InChI is InChI=1S/C20H14BrClF2N2O3/c1-28-19-12(22)8-7-11(14(19)23)17-15(24)16(25)13(21)18(26-17)20(27)29-9-10-5-3-2-4-6-10/h2-8H,9H2,1H3,(H2,25,26). The van der Waals surface area contributed by atoms with Gasteiger partial charge in [0, 0.05) is 5.56 Å². The zero-order chi connectivity index (χ0) is 21.1. The molecule has 150 valence electrons. The number of nitrogen functional groups attached to an aromatic ring is 1. The second-order valence-electron chi connectivity index (χ2n) is 5.85. The Kier molecular flexibility index (Phi) is 6.34. The Hall–Kier alpha value is -2.71. The van der Waals surface area contributed by atoms with Gasteiger partial charge in [-0.3, -0.25) is 0 Å². The van der Waals surface area contributed by atoms with Gasteiger partial charge >= 0.3 is 5.97 Å². The number of nitrogens with zero attached hydrogens (tertiary/aromatic N) is 1. The Morgan fingerprint density at radius 1 is 1.17 bits per heavy atom. The molecule has 3 aromatic rings. The van der Waals surface area contributed by atoms with E-state index in [1.54, 1.807) is 24.3 Å². The molecule has 9 heteroatoms. The van der Waals surface area contributed by atoms with E-state index in [0.29, 0.717) is 0 Å². The summed E-state index contributed by atoms with van der Waals surface area (Å²) in [5.74, 6) is -3.06. The van der Waals surface area contributed by atoms with Crippen molar-refractivity contribution in [3.63, 3.8) is 0 Å². The molecule has 0 fully saturated rings. The molecular weight excluding hydrogens is 470 g/mol. The maximum atomic E-state index is 14.7. The van der Waals surface area contributed by atoms with Crippen LogP contribution in [0.1, 0.15) is 16.1 Å². The number of rotatable bonds is 5. The van der Waals surface area contributed by atoms with Crippen LogP contribution in [0.25, 0.3) is 11.3 Å². The van der Waals surface area contributed by atoms with E-state index in [4.69, 9.17) is 26.8 Å². The zero-order valence-electron chi connectivity index (χ0n) is 15.0. The van der Waals surface area contributed by atoms with E-state index in [9.17, 15) is 13.6 Å². The lowest BCUT2D eigenvalue weighted by Crippen LogP contribution is -2.12. The van der Waals surface area contributed by atoms with Crippen molar-refractivity contribution in [2.24, 2.45) is 0 Å². The van der Waals surface area contributed by atoms with E-state index in [2.05, 4.69) is 20.9 Å². The fourth-order valence-corrected chi connectivity index (χ4v) is 3.22. The molecule has 0 aliphatic rings. The number of hydrogen-bond donors (Lipinski definition) is 1. The van der Waals surface area contributed by atoms with Crippen LogP contribution >= 0.6 is 27.5 Å². The average Bonchev–Trinajstić information content (AvgIpc) is 2.72. The fraction of sp³-hybridized carbons (Fsp3) is 0.100. The molecule has 0 aliphatic carbocycles. The van der Waals surface area contributed by atoms with Gasteiger partial charge in [0.1, 0.15) is 12.3 Å². The number of pyridine rings is 1. The highest BCUT2D eigenvalue weighted by atomic mass is 79.9. The van der Waals surface area contributed by atoms with Gasteiger partial charge in [-0.1, -0.05) is 41.9 Å². The van der Waals surface area contributed by atoms with Crippen molar-refractivity contribution in [2.45, 2.75) is 6.61 Å². The van der Waals surface area contributed by atoms with Crippen LogP contribution in [0.2, 0.25) is 5.02 Å². The van der Waals surface area contributed by atoms with Crippen LogP contribution in [0.5, 0.6) is 5.75 Å². The van der Waals surface area contributed by atoms with E-state index in [1.165, 1.54) is 19.2 Å². The highest BCUT2D eigenvalue weighted by Gasteiger charge is 2.26. The number of carbonyl (C=O) groups excluding carboxylic acids is 1. The molecule has 0 amide bonds. The third-order valence-corrected chi connectivity index (χ3v) is 5.13. The Morgan fingerprint density at radius 3 is 2.52 bits per heavy atom. The molecular formula is C20H14BrClF2N2O3. The van der Waals surface area contributed by atoms with Crippen molar-refractivity contribution in [2.75, 3.05) is 12.8 Å². The van der Waals surface area contributed by atoms with E-state index in [1.807, 2.05) is 6.07 Å². The van der Waals surface area contributed by atoms with Gasteiger partial charge < -0.3 is 15.2 Å². The molecule has 0 bridgehead atoms. The van der Waals surface area contributed by atoms with Gasteiger partial charge in [-0.15, -0.1) is 0 Å². The first-order valence-electron chi connectivity index (χ1n) is 8.23. The predicted octanol–water partition coefficient (Wildman–Crippen LogP) is 5.39. The molecule has 0 unspecified atom stereocenters. The van der Waals surface area contributed by atoms with Crippen molar-refractivity contribution < 1.29 is 23.0 Å². The second-order valence-corrected chi connectivity index (χ2v) is 7.05. The van der Waals surface area contributed by atoms with E-state index in [-0.39, 0.29) is 33.1 Å². The van der Waals surface area contributed by atoms with Crippen LogP contribution in [-0.4, -0.2) is 18.1 Å². The van der Waals surface area contributed by atoms with E-state index >= 15 is 0 Å². The molecule has 29 heavy (non-hydrogen) atoms. The Labute approximate surface area is 178 Å². The lowest BCUT2D eigenvalue weighted by atomic mass is 10.1. The number of hydrogen-bond acceptors (Lipinski definition) is 5. The predicted molar refractivity (Wildman–Crippen MR) is 109 cm³/mol. The zero-order valence-corrected chi connectivity index (χ0v) is 17.4. The van der Waals surface area contributed by atoms with Crippen molar-refractivity contribution in [1.82, 2.24) is 4.98 Å². The van der Waals surface area contributed by atoms with Gasteiger partial charge in [0.25, 0.3) is 0 Å². The Morgan fingerprint density at radius 2 is 1.86 bits per heavy atom. The third kappa shape index (κ3) is 4.18. The first kappa shape index (κ1) is 21.0. The minimum absolute atomic E-state index is 0.00161. The van der Waals surface area contributed by atoms with Gasteiger partial charge in [-0.25, -0.2) is 18.6 Å². The second kappa shape index (κ2) is 8.75. The SMILES string of the molecule is COc1c(Cl)ccc(-c2nc(C(=O)OCc3ccccc3)c(Br)c(N)c2F)c1F. The number of carbonyl (C=O) groups is 1. The minimum atomic E-state index is -1.00. The molecule has 2 aromatic carbocycles. The highest BCUT2D eigenvalue weighted by Crippen LogP contribution is 2.38. The first-order valence-corrected chi connectivity index (χ1v) is 9.40. The molecule has 2 N–H and O–H groups in total. The van der Waals surface area contributed by atoms with Crippen molar-refractivity contribution in [3.05, 3.63) is 74.9 Å². The molecule has 1 heterocycles. The van der Waals surface area contributed by atoms with Crippen LogP contribution in [0.4, 0.5) is 14.5 Å². The largest absolute Gasteiger partial charge is 0.492 e. The third-order valence-electron chi connectivity index (χ3n) is 4.03. The summed E-state index contributed by atoms with van der Waals surface area (Å²) in [7, 11) is 1.22. The topological polar surface area (TPSA) is 74.4 Å². The summed E-state index contributed by atoms with van der Waals surface area (Å²) in [5.41, 5.74) is 5.09. The molecule has 1 aromatic heterocycles. The fourth-order valence-electron chi connectivity index (χ4n) is 2.57. The summed E-state index contributed by atoms with van der Waals surface area (Å²) in [6.45, 7) is -0.0243. The van der Waals surface area contributed by atoms with Crippen molar-refractivity contribution in [3.8, 4) is 17.0 Å². The summed E-state index contributed by atoms with van der Waals surface area (Å²) in [6, 6.07) is 11.5. The summed E-state index contributed by atoms with van der Waals surface area (Å²) in [5, 5.41) is 0.00161. The maximum absolute atomic E-state index is 14.7. The summed E-state index contributed by atoms with van der Waals surface area (Å²) >= 11 is 8.94. The van der Waals surface area contributed by atoms with Gasteiger partial charge in [0.2, 0.25) is 0 Å². The number of halogens is 4. The lowest BCUT2D eigenvalue weighted by molar-refractivity contribution is 0.0464. The number of nitrogens with two attached hydrogens (primary N) is 1. The van der Waals surface area contributed by atoms with Gasteiger partial charge in [-0.2, -0.15) is 0 Å². The summed E-state index contributed by atoms with van der Waals surface area (Å²) < 4.78 is 39.5. The maximum Gasteiger partial charge on any atom is 0.358 e. The molecule has 0 spiro atoms. The highest BCUT2D eigenvalue weighted by molar-refractivity contribution is 9.10. The van der Waals surface area contributed by atoms with Crippen LogP contribution in [0.3, 0.4) is 0 Å². The van der Waals surface area contributed by atoms with E-state index in [0.717, 1.165) is 5.56 Å². The molecule has 5 nitrogen and oxygen atoms in total. The van der Waals surface area contributed by atoms with Gasteiger partial charge in [-0.05, 0) is 33.6 Å². The van der Waals surface area contributed by atoms with Crippen LogP contribution in [-0.2, 0) is 11.3 Å². The number of benzene rings is 2. The molecule has 3 rings (SSSR count). The normalized spacial score (nSPS) is 10.7. The molecule has 0 saturated carbocycles. The summed E-state index contributed by atoms with van der Waals surface area (Å²) in [6.07, 6.45) is 0. The van der Waals surface area contributed by atoms with Crippen molar-refractivity contribution >= 4 is 39.2 Å². The average molecular weight is 484 g/mol. The minimum Gasteiger partial charge on any atom is -0.492 e. The number of aromatic nitrogens is 1. The van der Waals surface area contributed by atoms with Crippen molar-refractivity contribution in [1.29, 1.82) is 0 Å². The van der Waals surface area contributed by atoms with E-state index < -0.39 is 29.0 Å². The van der Waals surface area contributed by atoms with Gasteiger partial charge in [0.15, 0.2) is 23.1 Å². The van der Waals surface area contributed by atoms with Gasteiger partial charge in [0.05, 0.1) is 22.3 Å².